The molecule has 0 spiro atoms. The largest absolute Gasteiger partial charge is 4.00 e. The molecule has 2 nitrogen and oxygen atoms in total. The molecule has 0 saturated carbocycles. The number of fused-ring (bicyclic) bond motifs is 8. The van der Waals surface area contributed by atoms with E-state index in [1.807, 2.05) is 72.4 Å². The fourth-order valence-corrected chi connectivity index (χ4v) is 4.39. The van der Waals surface area contributed by atoms with E-state index in [-0.39, 0.29) is 32.7 Å². The van der Waals surface area contributed by atoms with Crippen molar-refractivity contribution in [3.8, 4) is 22.3 Å². The average molecular weight is 620 g/mol. The van der Waals surface area contributed by atoms with Crippen molar-refractivity contribution in [3.05, 3.63) is 108 Å². The van der Waals surface area contributed by atoms with Crippen molar-refractivity contribution < 1.29 is 29.8 Å². The first-order valence-corrected chi connectivity index (χ1v) is 10.5. The second-order valence-corrected chi connectivity index (χ2v) is 8.22. The van der Waals surface area contributed by atoms with Gasteiger partial charge in [0.2, 0.25) is 0 Å². The van der Waals surface area contributed by atoms with Crippen LogP contribution in [0.5, 0.6) is 0 Å². The number of benzene rings is 4. The Labute approximate surface area is 207 Å². The Morgan fingerprint density at radius 3 is 1.45 bits per heavy atom. The fourth-order valence-electron chi connectivity index (χ4n) is 4.39. The zero-order valence-electron chi connectivity index (χ0n) is 18.3. The van der Waals surface area contributed by atoms with Gasteiger partial charge in [0.25, 0.3) is 0 Å². The monoisotopic (exact) mass is 619 g/mol. The van der Waals surface area contributed by atoms with Gasteiger partial charge in [-0.05, 0) is 12.1 Å². The summed E-state index contributed by atoms with van der Waals surface area (Å²) in [6, 6.07) is 28.6. The molecule has 0 aliphatic carbocycles. The molecule has 5 rings (SSSR count). The van der Waals surface area contributed by atoms with Crippen molar-refractivity contribution in [2.45, 2.75) is 13.1 Å². The van der Waals surface area contributed by atoms with Crippen molar-refractivity contribution in [1.29, 1.82) is 0 Å². The minimum atomic E-state index is -0.291. The van der Waals surface area contributed by atoms with Crippen LogP contribution in [0.2, 0.25) is 0 Å². The molecule has 33 heavy (non-hydrogen) atoms. The zero-order valence-corrected chi connectivity index (χ0v) is 20.6. The summed E-state index contributed by atoms with van der Waals surface area (Å²) >= 11 is 0. The van der Waals surface area contributed by atoms with E-state index < -0.39 is 0 Å². The van der Waals surface area contributed by atoms with Gasteiger partial charge < -0.3 is 9.80 Å². The van der Waals surface area contributed by atoms with Crippen LogP contribution in [0.15, 0.2) is 72.8 Å². The van der Waals surface area contributed by atoms with E-state index in [0.29, 0.717) is 24.2 Å². The maximum absolute atomic E-state index is 14.6. The molecule has 4 bridgehead atoms. The number of para-hydroxylation sites is 2. The molecule has 4 aromatic carbocycles. The van der Waals surface area contributed by atoms with Gasteiger partial charge in [-0.2, -0.15) is 0 Å². The van der Waals surface area contributed by atoms with Crippen LogP contribution < -0.4 is 9.80 Å². The molecule has 0 amide bonds. The summed E-state index contributed by atoms with van der Waals surface area (Å²) in [5.74, 6) is -0.582. The van der Waals surface area contributed by atoms with Gasteiger partial charge in [-0.3, -0.25) is 0 Å². The molecule has 0 N–H and O–H groups in total. The molecule has 0 saturated heterocycles. The average Bonchev–Trinajstić information content (AvgIpc) is 2.77. The van der Waals surface area contributed by atoms with E-state index in [0.717, 1.165) is 33.6 Å². The number of anilines is 2. The van der Waals surface area contributed by atoms with Crippen LogP contribution in [0.25, 0.3) is 22.3 Å². The van der Waals surface area contributed by atoms with Crippen molar-refractivity contribution in [2.75, 3.05) is 23.9 Å². The molecular formula is C28H22F2N2Pt+2. The molecule has 1 aliphatic rings. The summed E-state index contributed by atoms with van der Waals surface area (Å²) in [5.41, 5.74) is 6.50. The molecule has 1 heterocycles. The van der Waals surface area contributed by atoms with Gasteiger partial charge in [0.05, 0.1) is 0 Å². The third-order valence-corrected chi connectivity index (χ3v) is 5.81. The molecular weight excluding hydrogens is 597 g/mol. The third kappa shape index (κ3) is 4.72. The zero-order chi connectivity index (χ0) is 22.2. The maximum Gasteiger partial charge on any atom is 4.00 e. The van der Waals surface area contributed by atoms with Gasteiger partial charge in [-0.15, -0.1) is 58.7 Å². The normalized spacial score (nSPS) is 12.8. The first-order chi connectivity index (χ1) is 15.5. The summed E-state index contributed by atoms with van der Waals surface area (Å²) in [6.07, 6.45) is 0. The number of halogens is 2. The van der Waals surface area contributed by atoms with E-state index in [9.17, 15) is 8.78 Å². The molecule has 0 unspecified atom stereocenters. The third-order valence-electron chi connectivity index (χ3n) is 5.81. The second-order valence-electron chi connectivity index (χ2n) is 8.22. The number of nitrogens with zero attached hydrogens (tertiary/aromatic N) is 2. The Hall–Kier alpha value is -2.97. The van der Waals surface area contributed by atoms with Crippen LogP contribution in [-0.2, 0) is 34.2 Å². The fraction of sp³-hybridized carbons (Fsp3) is 0.143. The minimum Gasteiger partial charge on any atom is -0.379 e. The van der Waals surface area contributed by atoms with Crippen molar-refractivity contribution in [3.63, 3.8) is 0 Å². The Morgan fingerprint density at radius 1 is 0.636 bits per heavy atom. The summed E-state index contributed by atoms with van der Waals surface area (Å²) < 4.78 is 29.3. The predicted molar refractivity (Wildman–Crippen MR) is 126 cm³/mol. The van der Waals surface area contributed by atoms with Crippen LogP contribution in [0.1, 0.15) is 11.1 Å². The van der Waals surface area contributed by atoms with Crippen LogP contribution in [0.4, 0.5) is 20.2 Å². The molecule has 5 heteroatoms. The van der Waals surface area contributed by atoms with E-state index in [1.54, 1.807) is 0 Å². The number of rotatable bonds is 0. The van der Waals surface area contributed by atoms with Gasteiger partial charge in [-0.25, -0.2) is 8.78 Å². The van der Waals surface area contributed by atoms with Gasteiger partial charge in [0.1, 0.15) is 0 Å². The summed E-state index contributed by atoms with van der Waals surface area (Å²) in [7, 11) is 3.90. The topological polar surface area (TPSA) is 6.48 Å². The van der Waals surface area contributed by atoms with Crippen molar-refractivity contribution >= 4 is 11.4 Å². The molecule has 0 aromatic heterocycles. The summed E-state index contributed by atoms with van der Waals surface area (Å²) in [6.45, 7) is 0.921. The first-order valence-electron chi connectivity index (χ1n) is 10.5. The van der Waals surface area contributed by atoms with E-state index >= 15 is 0 Å². The van der Waals surface area contributed by atoms with Crippen LogP contribution in [0, 0.1) is 23.8 Å². The minimum absolute atomic E-state index is 0. The van der Waals surface area contributed by atoms with Crippen molar-refractivity contribution in [2.24, 2.45) is 0 Å². The van der Waals surface area contributed by atoms with Gasteiger partial charge in [-0.1, -0.05) is 47.5 Å². The quantitative estimate of drug-likeness (QED) is 0.208. The molecule has 4 aromatic rings. The van der Waals surface area contributed by atoms with Crippen LogP contribution >= 0.6 is 0 Å². The van der Waals surface area contributed by atoms with Gasteiger partial charge in [0, 0.05) is 50.2 Å². The molecule has 0 atom stereocenters. The van der Waals surface area contributed by atoms with Crippen LogP contribution in [-0.4, -0.2) is 14.1 Å². The van der Waals surface area contributed by atoms with Gasteiger partial charge >= 0.3 is 21.1 Å². The summed E-state index contributed by atoms with van der Waals surface area (Å²) in [4.78, 5) is 4.07. The Bertz CT molecular complexity index is 1200. The van der Waals surface area contributed by atoms with E-state index in [4.69, 9.17) is 0 Å². The standard InChI is InChI=1S/C28H22F2N2.Pt/c1-31-17-19-11-22(16-23(29)13-19)26-8-4-6-10-28(26)32(2)18-20-12-21(15-24(30)14-20)25-7-3-5-9-27(25)31;/h3-10,13-16H,17-18H2,1-2H3;/q-2;+4. The molecule has 0 fully saturated rings. The first kappa shape index (κ1) is 23.2. The SMILES string of the molecule is CN1Cc2[c-]c(cc(F)c2)-c2ccccc2N(C)Cc2[c-]c(cc(F)c2)-c2ccccc21.[Pt+4]. The number of hydrogen-bond donors (Lipinski definition) is 0. The maximum atomic E-state index is 14.6. The molecule has 1 aliphatic heterocycles. The number of hydrogen-bond acceptors (Lipinski definition) is 2. The summed E-state index contributed by atoms with van der Waals surface area (Å²) in [5, 5.41) is 0. The molecule has 0 radical (unpaired) electrons. The smallest absolute Gasteiger partial charge is 0.379 e. The Morgan fingerprint density at radius 2 is 1.03 bits per heavy atom. The molecule has 166 valence electrons. The second kappa shape index (κ2) is 9.49. The Balaban J connectivity index is 0.00000259. The van der Waals surface area contributed by atoms with Crippen LogP contribution in [0.3, 0.4) is 0 Å². The predicted octanol–water partition coefficient (Wildman–Crippen LogP) is 6.48. The van der Waals surface area contributed by atoms with E-state index in [1.165, 1.54) is 24.3 Å². The van der Waals surface area contributed by atoms with E-state index in [2.05, 4.69) is 12.1 Å². The van der Waals surface area contributed by atoms with Crippen molar-refractivity contribution in [1.82, 2.24) is 0 Å². The van der Waals surface area contributed by atoms with Gasteiger partial charge in [0.15, 0.2) is 0 Å². The Kier molecular flexibility index (Phi) is 6.67.